The summed E-state index contributed by atoms with van der Waals surface area (Å²) in [5.41, 5.74) is 4.24. The summed E-state index contributed by atoms with van der Waals surface area (Å²) in [7, 11) is 0. The lowest BCUT2D eigenvalue weighted by Gasteiger charge is -2.47. The van der Waals surface area contributed by atoms with Crippen molar-refractivity contribution in [1.82, 2.24) is 0 Å². The SMILES string of the molecule is Cc1cccc(O)c1[C@]12c3c(O)cccc3C[C@H]1CCC[C@@H]2C. The van der Waals surface area contributed by atoms with E-state index in [2.05, 4.69) is 26.0 Å². The Kier molecular flexibility index (Phi) is 3.19. The number of rotatable bonds is 1. The maximum atomic E-state index is 10.7. The van der Waals surface area contributed by atoms with Crippen LogP contribution in [0.2, 0.25) is 0 Å². The Bertz CT molecular complexity index is 744. The Morgan fingerprint density at radius 3 is 2.39 bits per heavy atom. The van der Waals surface area contributed by atoms with Crippen molar-refractivity contribution in [3.8, 4) is 11.5 Å². The molecule has 2 aromatic carbocycles. The second-order valence-electron chi connectivity index (χ2n) is 7.38. The summed E-state index contributed by atoms with van der Waals surface area (Å²) in [6, 6.07) is 11.7. The minimum atomic E-state index is -0.256. The molecule has 0 amide bonds. The fourth-order valence-electron chi connectivity index (χ4n) is 5.51. The molecular formula is C21H24O2. The Balaban J connectivity index is 2.10. The lowest BCUT2D eigenvalue weighted by Crippen LogP contribution is -2.43. The number of hydrogen-bond donors (Lipinski definition) is 2. The molecule has 2 nitrogen and oxygen atoms in total. The fourth-order valence-corrected chi connectivity index (χ4v) is 5.51. The highest BCUT2D eigenvalue weighted by molar-refractivity contribution is 5.61. The van der Waals surface area contributed by atoms with E-state index >= 15 is 0 Å². The number of benzene rings is 2. The van der Waals surface area contributed by atoms with Crippen LogP contribution in [-0.4, -0.2) is 10.2 Å². The smallest absolute Gasteiger partial charge is 0.119 e. The predicted molar refractivity (Wildman–Crippen MR) is 91.9 cm³/mol. The van der Waals surface area contributed by atoms with E-state index < -0.39 is 0 Å². The molecule has 4 rings (SSSR count). The van der Waals surface area contributed by atoms with Gasteiger partial charge in [0.05, 0.1) is 0 Å². The average molecular weight is 308 g/mol. The Hall–Kier alpha value is -1.96. The Morgan fingerprint density at radius 1 is 0.957 bits per heavy atom. The summed E-state index contributed by atoms with van der Waals surface area (Å²) in [5, 5.41) is 21.5. The zero-order valence-corrected chi connectivity index (χ0v) is 13.8. The summed E-state index contributed by atoms with van der Waals surface area (Å²) < 4.78 is 0. The first-order valence-electron chi connectivity index (χ1n) is 8.67. The second kappa shape index (κ2) is 5.02. The number of fused-ring (bicyclic) bond motifs is 3. The van der Waals surface area contributed by atoms with Gasteiger partial charge in [-0.3, -0.25) is 0 Å². The fraction of sp³-hybridized carbons (Fsp3) is 0.429. The van der Waals surface area contributed by atoms with Crippen molar-refractivity contribution in [3.63, 3.8) is 0 Å². The third-order valence-corrected chi connectivity index (χ3v) is 6.28. The van der Waals surface area contributed by atoms with E-state index in [4.69, 9.17) is 0 Å². The highest BCUT2D eigenvalue weighted by Crippen LogP contribution is 2.62. The number of hydrogen-bond acceptors (Lipinski definition) is 2. The van der Waals surface area contributed by atoms with Gasteiger partial charge in [0.2, 0.25) is 0 Å². The van der Waals surface area contributed by atoms with E-state index in [1.807, 2.05) is 12.1 Å². The maximum absolute atomic E-state index is 10.7. The molecule has 2 aliphatic rings. The molecule has 2 N–H and O–H groups in total. The topological polar surface area (TPSA) is 40.5 Å². The van der Waals surface area contributed by atoms with Gasteiger partial charge in [0.15, 0.2) is 0 Å². The summed E-state index contributed by atoms with van der Waals surface area (Å²) in [5.74, 6) is 1.63. The quantitative estimate of drug-likeness (QED) is 0.802. The van der Waals surface area contributed by atoms with Crippen LogP contribution in [0.3, 0.4) is 0 Å². The second-order valence-corrected chi connectivity index (χ2v) is 7.38. The molecule has 120 valence electrons. The predicted octanol–water partition coefficient (Wildman–Crippen LogP) is 4.68. The molecular weight excluding hydrogens is 284 g/mol. The molecule has 0 heterocycles. The Morgan fingerprint density at radius 2 is 1.65 bits per heavy atom. The lowest BCUT2D eigenvalue weighted by molar-refractivity contribution is 0.165. The Labute approximate surface area is 137 Å². The van der Waals surface area contributed by atoms with Gasteiger partial charge in [-0.15, -0.1) is 0 Å². The van der Waals surface area contributed by atoms with E-state index in [0.29, 0.717) is 23.3 Å². The van der Waals surface area contributed by atoms with E-state index in [9.17, 15) is 10.2 Å². The van der Waals surface area contributed by atoms with Crippen LogP contribution in [0, 0.1) is 18.8 Å². The molecule has 0 saturated heterocycles. The van der Waals surface area contributed by atoms with Crippen LogP contribution in [0.15, 0.2) is 36.4 Å². The molecule has 0 bridgehead atoms. The number of phenolic OH excluding ortho intramolecular Hbond substituents is 2. The van der Waals surface area contributed by atoms with Crippen molar-refractivity contribution in [2.45, 2.75) is 44.9 Å². The van der Waals surface area contributed by atoms with Gasteiger partial charge in [-0.1, -0.05) is 37.6 Å². The average Bonchev–Trinajstić information content (AvgIpc) is 2.85. The molecule has 1 saturated carbocycles. The number of aryl methyl sites for hydroxylation is 1. The maximum Gasteiger partial charge on any atom is 0.119 e. The lowest BCUT2D eigenvalue weighted by atomic mass is 9.56. The standard InChI is InChI=1S/C21H24O2/c1-13-6-3-10-17(22)19(13)21-14(2)7-4-9-16(21)12-15-8-5-11-18(23)20(15)21/h3,5-6,8,10-11,14,16,22-23H,4,7,9,12H2,1-2H3/t14-,16+,21+/m0/s1. The molecule has 1 fully saturated rings. The molecule has 0 spiro atoms. The van der Waals surface area contributed by atoms with Gasteiger partial charge in [-0.2, -0.15) is 0 Å². The first-order valence-corrected chi connectivity index (χ1v) is 8.67. The van der Waals surface area contributed by atoms with Crippen LogP contribution in [0.5, 0.6) is 11.5 Å². The van der Waals surface area contributed by atoms with Gasteiger partial charge < -0.3 is 10.2 Å². The van der Waals surface area contributed by atoms with Crippen molar-refractivity contribution >= 4 is 0 Å². The monoisotopic (exact) mass is 308 g/mol. The van der Waals surface area contributed by atoms with Crippen molar-refractivity contribution in [2.75, 3.05) is 0 Å². The number of aromatic hydroxyl groups is 2. The molecule has 0 aliphatic heterocycles. The van der Waals surface area contributed by atoms with Gasteiger partial charge in [-0.05, 0) is 61.3 Å². The molecule has 0 unspecified atom stereocenters. The summed E-state index contributed by atoms with van der Waals surface area (Å²) in [6.07, 6.45) is 4.53. The molecule has 2 aliphatic carbocycles. The zero-order valence-electron chi connectivity index (χ0n) is 13.8. The van der Waals surface area contributed by atoms with Crippen molar-refractivity contribution in [2.24, 2.45) is 11.8 Å². The molecule has 3 atom stereocenters. The third-order valence-electron chi connectivity index (χ3n) is 6.28. The minimum absolute atomic E-state index is 0.256. The van der Waals surface area contributed by atoms with Crippen LogP contribution in [0.1, 0.15) is 48.4 Å². The highest BCUT2D eigenvalue weighted by Gasteiger charge is 2.55. The molecule has 23 heavy (non-hydrogen) atoms. The normalized spacial score (nSPS) is 29.1. The molecule has 0 radical (unpaired) electrons. The van der Waals surface area contributed by atoms with Gasteiger partial charge in [-0.25, -0.2) is 0 Å². The third kappa shape index (κ3) is 1.81. The first kappa shape index (κ1) is 14.6. The van der Waals surface area contributed by atoms with E-state index in [0.717, 1.165) is 36.0 Å². The van der Waals surface area contributed by atoms with Crippen LogP contribution in [-0.2, 0) is 11.8 Å². The van der Waals surface area contributed by atoms with Crippen LogP contribution >= 0.6 is 0 Å². The van der Waals surface area contributed by atoms with Crippen molar-refractivity contribution < 1.29 is 10.2 Å². The van der Waals surface area contributed by atoms with Crippen LogP contribution in [0.25, 0.3) is 0 Å². The number of phenols is 2. The van der Waals surface area contributed by atoms with Gasteiger partial charge in [0.25, 0.3) is 0 Å². The molecule has 2 heteroatoms. The van der Waals surface area contributed by atoms with Gasteiger partial charge in [0.1, 0.15) is 11.5 Å². The highest BCUT2D eigenvalue weighted by atomic mass is 16.3. The summed E-state index contributed by atoms with van der Waals surface area (Å²) in [4.78, 5) is 0. The van der Waals surface area contributed by atoms with Crippen LogP contribution in [0.4, 0.5) is 0 Å². The molecule has 0 aromatic heterocycles. The minimum Gasteiger partial charge on any atom is -0.508 e. The van der Waals surface area contributed by atoms with Crippen molar-refractivity contribution in [3.05, 3.63) is 58.7 Å². The largest absolute Gasteiger partial charge is 0.508 e. The molecule has 2 aromatic rings. The van der Waals surface area contributed by atoms with E-state index in [1.165, 1.54) is 12.0 Å². The summed E-state index contributed by atoms with van der Waals surface area (Å²) >= 11 is 0. The first-order chi connectivity index (χ1) is 11.1. The van der Waals surface area contributed by atoms with Gasteiger partial charge in [0, 0.05) is 16.5 Å². The summed E-state index contributed by atoms with van der Waals surface area (Å²) in [6.45, 7) is 4.37. The van der Waals surface area contributed by atoms with Crippen molar-refractivity contribution in [1.29, 1.82) is 0 Å². The van der Waals surface area contributed by atoms with E-state index in [1.54, 1.807) is 12.1 Å². The zero-order chi connectivity index (χ0) is 16.2. The van der Waals surface area contributed by atoms with Crippen LogP contribution < -0.4 is 0 Å². The van der Waals surface area contributed by atoms with Gasteiger partial charge >= 0.3 is 0 Å². The van der Waals surface area contributed by atoms with E-state index in [-0.39, 0.29) is 5.41 Å².